The summed E-state index contributed by atoms with van der Waals surface area (Å²) in [5, 5.41) is 38.0. The molecular weight excluding hydrogens is 763 g/mol. The van der Waals surface area contributed by atoms with Crippen LogP contribution in [0, 0.1) is 36.0 Å². The second kappa shape index (κ2) is 13.4. The molecule has 4 aliphatic rings. The van der Waals surface area contributed by atoms with Crippen LogP contribution in [0.5, 0.6) is 5.75 Å². The van der Waals surface area contributed by atoms with Gasteiger partial charge in [0, 0.05) is 34.3 Å². The van der Waals surface area contributed by atoms with Crippen molar-refractivity contribution in [1.82, 2.24) is 9.78 Å². The summed E-state index contributed by atoms with van der Waals surface area (Å²) in [5.41, 5.74) is 2.34. The van der Waals surface area contributed by atoms with Crippen molar-refractivity contribution in [2.75, 3.05) is 9.80 Å². The molecule has 288 valence electrons. The normalized spacial score (nSPS) is 25.5. The first-order chi connectivity index (χ1) is 27.3. The van der Waals surface area contributed by atoms with Gasteiger partial charge in [-0.15, -0.1) is 17.9 Å². The zero-order chi connectivity index (χ0) is 40.2. The summed E-state index contributed by atoms with van der Waals surface area (Å²) in [7, 11) is -0.104. The summed E-state index contributed by atoms with van der Waals surface area (Å²) in [6.45, 7) is 7.62. The molecule has 3 N–H and O–H groups in total. The van der Waals surface area contributed by atoms with Crippen molar-refractivity contribution in [1.29, 1.82) is 0 Å². The fraction of sp³-hybridized carbons (Fsp3) is 0.279. The summed E-state index contributed by atoms with van der Waals surface area (Å²) in [4.78, 5) is 62.0. The molecule has 4 amide bonds. The summed E-state index contributed by atoms with van der Waals surface area (Å²) in [5.74, 6) is -5.41. The first-order valence-electron chi connectivity index (χ1n) is 18.8. The summed E-state index contributed by atoms with van der Waals surface area (Å²) in [6.07, 6.45) is 4.31. The molecule has 2 aliphatic carbocycles. The number of carbonyl (C=O) groups excluding carboxylic acids is 4. The molecule has 3 fully saturated rings. The summed E-state index contributed by atoms with van der Waals surface area (Å²) >= 11 is 7.87. The van der Waals surface area contributed by atoms with E-state index in [1.54, 1.807) is 61.7 Å². The number of aromatic nitrogens is 2. The molecule has 6 atom stereocenters. The molecule has 1 saturated carbocycles. The van der Waals surface area contributed by atoms with Gasteiger partial charge in [-0.1, -0.05) is 59.7 Å². The molecule has 5 aromatic rings. The lowest BCUT2D eigenvalue weighted by atomic mass is 9.51. The van der Waals surface area contributed by atoms with Gasteiger partial charge in [0.15, 0.2) is 0 Å². The lowest BCUT2D eigenvalue weighted by Gasteiger charge is -2.49. The van der Waals surface area contributed by atoms with E-state index >= 15 is 4.79 Å². The second-order valence-electron chi connectivity index (χ2n) is 15.7. The fourth-order valence-electron chi connectivity index (χ4n) is 10.0. The highest BCUT2D eigenvalue weighted by atomic mass is 35.5. The van der Waals surface area contributed by atoms with E-state index in [0.29, 0.717) is 34.1 Å². The van der Waals surface area contributed by atoms with Gasteiger partial charge in [-0.25, -0.2) is 4.90 Å². The van der Waals surface area contributed by atoms with Crippen LogP contribution in [0.15, 0.2) is 91.0 Å². The average Bonchev–Trinajstić information content (AvgIpc) is 3.86. The number of thiophene rings is 1. The Morgan fingerprint density at radius 1 is 1.00 bits per heavy atom. The molecule has 0 radical (unpaired) electrons. The number of benzene rings is 3. The van der Waals surface area contributed by atoms with E-state index in [-0.39, 0.29) is 29.7 Å². The van der Waals surface area contributed by atoms with Crippen molar-refractivity contribution in [3.63, 3.8) is 0 Å². The third-order valence-corrected chi connectivity index (χ3v) is 14.3. The van der Waals surface area contributed by atoms with Crippen LogP contribution in [-0.4, -0.2) is 55.7 Å². The number of rotatable bonds is 7. The highest BCUT2D eigenvalue weighted by Gasteiger charge is 2.68. The van der Waals surface area contributed by atoms with Crippen molar-refractivity contribution in [2.24, 2.45) is 36.1 Å². The number of allylic oxidation sites excluding steroid dienone is 3. The third-order valence-electron chi connectivity index (χ3n) is 12.7. The number of halogens is 1. The zero-order valence-electron chi connectivity index (χ0n) is 31.3. The van der Waals surface area contributed by atoms with Gasteiger partial charge in [0.2, 0.25) is 23.6 Å². The molecule has 0 bridgehead atoms. The van der Waals surface area contributed by atoms with Crippen molar-refractivity contribution >= 4 is 80.7 Å². The molecule has 14 heteroatoms. The van der Waals surface area contributed by atoms with Crippen LogP contribution >= 0.6 is 22.9 Å². The Hall–Kier alpha value is -5.34. The Balaban J connectivity index is 1.16. The number of aromatic hydroxyl groups is 1. The van der Waals surface area contributed by atoms with E-state index in [9.17, 15) is 29.5 Å². The molecule has 0 spiro atoms. The number of amides is 4. The number of fused-ring (bicyclic) bond motifs is 5. The maximum absolute atomic E-state index is 15.2. The van der Waals surface area contributed by atoms with Gasteiger partial charge in [-0.05, 0) is 91.3 Å². The van der Waals surface area contributed by atoms with Crippen LogP contribution < -0.4 is 15.3 Å². The SMILES string of the molecule is C=CCc1cccc(C2C3=CCC4C(=O)N(c5cccc(B(O)O)c5)C(=O)C4C3CC3C(=O)N(c4cc(-c5sc6ccc(Cl)cc6c5C)nn4C)C(=O)C32C)c1O. The number of phenolic OH excluding ortho intramolecular Hbond substituents is 1. The Morgan fingerprint density at radius 3 is 2.53 bits per heavy atom. The number of aryl methyl sites for hydroxylation is 2. The van der Waals surface area contributed by atoms with Gasteiger partial charge in [0.25, 0.3) is 0 Å². The maximum atomic E-state index is 15.2. The lowest BCUT2D eigenvalue weighted by Crippen LogP contribution is -2.49. The van der Waals surface area contributed by atoms with Gasteiger partial charge in [-0.3, -0.25) is 28.8 Å². The lowest BCUT2D eigenvalue weighted by molar-refractivity contribution is -0.131. The van der Waals surface area contributed by atoms with Crippen LogP contribution in [-0.2, 0) is 32.6 Å². The van der Waals surface area contributed by atoms with E-state index in [2.05, 4.69) is 6.58 Å². The highest BCUT2D eigenvalue weighted by Crippen LogP contribution is 2.64. The van der Waals surface area contributed by atoms with E-state index in [1.165, 1.54) is 21.7 Å². The predicted molar refractivity (Wildman–Crippen MR) is 219 cm³/mol. The largest absolute Gasteiger partial charge is 0.507 e. The van der Waals surface area contributed by atoms with Crippen LogP contribution in [0.1, 0.15) is 42.4 Å². The Labute approximate surface area is 337 Å². The molecule has 2 aromatic heterocycles. The van der Waals surface area contributed by atoms with Crippen molar-refractivity contribution in [3.8, 4) is 16.3 Å². The molecular formula is C43H38BClN4O7S. The molecule has 3 aromatic carbocycles. The number of para-hydroxylation sites is 1. The number of anilines is 2. The summed E-state index contributed by atoms with van der Waals surface area (Å²) < 4.78 is 2.56. The molecule has 2 saturated heterocycles. The first kappa shape index (κ1) is 37.3. The van der Waals surface area contributed by atoms with Crippen molar-refractivity contribution < 1.29 is 34.3 Å². The van der Waals surface area contributed by atoms with Gasteiger partial charge < -0.3 is 15.2 Å². The number of carbonyl (C=O) groups is 4. The van der Waals surface area contributed by atoms with Crippen LogP contribution in [0.25, 0.3) is 20.7 Å². The number of nitrogens with zero attached hydrogens (tertiary/aromatic N) is 4. The van der Waals surface area contributed by atoms with Crippen LogP contribution in [0.4, 0.5) is 11.5 Å². The second-order valence-corrected chi connectivity index (χ2v) is 17.2. The van der Waals surface area contributed by atoms with E-state index in [0.717, 1.165) is 31.0 Å². The minimum atomic E-state index is -1.80. The molecule has 6 unspecified atom stereocenters. The Kier molecular flexibility index (Phi) is 8.74. The minimum absolute atomic E-state index is 0.0114. The van der Waals surface area contributed by atoms with Crippen molar-refractivity contribution in [2.45, 2.75) is 39.0 Å². The maximum Gasteiger partial charge on any atom is 0.488 e. The first-order valence-corrected chi connectivity index (χ1v) is 20.0. The van der Waals surface area contributed by atoms with E-state index < -0.39 is 65.8 Å². The van der Waals surface area contributed by atoms with Crippen molar-refractivity contribution in [3.05, 3.63) is 113 Å². The quantitative estimate of drug-likeness (QED) is 0.106. The summed E-state index contributed by atoms with van der Waals surface area (Å²) in [6, 6.07) is 18.8. The smallest absolute Gasteiger partial charge is 0.488 e. The Morgan fingerprint density at radius 2 is 1.77 bits per heavy atom. The zero-order valence-corrected chi connectivity index (χ0v) is 32.9. The molecule has 4 heterocycles. The number of phenols is 1. The molecule has 9 rings (SSSR count). The Bertz CT molecular complexity index is 2630. The van der Waals surface area contributed by atoms with Gasteiger partial charge in [0.05, 0.1) is 33.7 Å². The highest BCUT2D eigenvalue weighted by molar-refractivity contribution is 7.22. The molecule has 11 nitrogen and oxygen atoms in total. The topological polar surface area (TPSA) is 153 Å². The number of hydrogen-bond acceptors (Lipinski definition) is 9. The van der Waals surface area contributed by atoms with E-state index in [4.69, 9.17) is 16.7 Å². The van der Waals surface area contributed by atoms with Crippen LogP contribution in [0.2, 0.25) is 5.02 Å². The predicted octanol–water partition coefficient (Wildman–Crippen LogP) is 5.81. The monoisotopic (exact) mass is 800 g/mol. The van der Waals surface area contributed by atoms with Crippen LogP contribution in [0.3, 0.4) is 0 Å². The number of hydrogen-bond donors (Lipinski definition) is 3. The van der Waals surface area contributed by atoms with Gasteiger partial charge >= 0.3 is 7.12 Å². The van der Waals surface area contributed by atoms with Gasteiger partial charge in [0.1, 0.15) is 17.3 Å². The fourth-order valence-corrected chi connectivity index (χ4v) is 11.4. The minimum Gasteiger partial charge on any atom is -0.507 e. The number of imide groups is 2. The standard InChI is InChI=1S/C43H38BClN4O7S/c1-5-8-22-9-6-12-28(37(22)50)36-26-14-15-27-35(41(53)48(39(27)51)25-11-7-10-23(17-25)44(55)56)30(26)19-31-40(52)49(42(54)43(31,36)3)34-20-32(46-47(34)4)38-21(2)29-18-24(45)13-16-33(29)57-38/h5-7,9-14,16-18,20,27,30-31,35-36,50,55-56H,1,8,15,19H2,2-4H3. The molecule has 2 aliphatic heterocycles. The average molecular weight is 801 g/mol. The van der Waals surface area contributed by atoms with Gasteiger partial charge in [-0.2, -0.15) is 5.10 Å². The van der Waals surface area contributed by atoms with E-state index in [1.807, 2.05) is 37.3 Å². The molecule has 57 heavy (non-hydrogen) atoms. The third kappa shape index (κ3) is 5.36.